The quantitative estimate of drug-likeness (QED) is 0.666. The molecule has 2 N–H and O–H groups in total. The predicted molar refractivity (Wildman–Crippen MR) is 95.8 cm³/mol. The summed E-state index contributed by atoms with van der Waals surface area (Å²) in [6, 6.07) is 8.35. The summed E-state index contributed by atoms with van der Waals surface area (Å²) < 4.78 is 39.5. The van der Waals surface area contributed by atoms with Gasteiger partial charge in [-0.2, -0.15) is 0 Å². The largest absolute Gasteiger partial charge is 0.340 e. The molecule has 1 heterocycles. The molecule has 0 bridgehead atoms. The Morgan fingerprint density at radius 3 is 2.33 bits per heavy atom. The third-order valence-electron chi connectivity index (χ3n) is 3.44. The van der Waals surface area contributed by atoms with Crippen molar-refractivity contribution in [2.45, 2.75) is 6.92 Å². The van der Waals surface area contributed by atoms with Gasteiger partial charge in [0.25, 0.3) is 5.91 Å². The molecule has 2 aromatic carbocycles. The summed E-state index contributed by atoms with van der Waals surface area (Å²) in [5.41, 5.74) is 0.564. The van der Waals surface area contributed by atoms with Gasteiger partial charge in [-0.05, 0) is 37.3 Å². The first-order chi connectivity index (χ1) is 12.8. The average Bonchev–Trinajstić information content (AvgIpc) is 2.61. The summed E-state index contributed by atoms with van der Waals surface area (Å²) in [5, 5.41) is 5.19. The molecule has 0 saturated heterocycles. The lowest BCUT2D eigenvalue weighted by molar-refractivity contribution is 0.102. The molecule has 0 aliphatic heterocycles. The smallest absolute Gasteiger partial charge is 0.274 e. The summed E-state index contributed by atoms with van der Waals surface area (Å²) >= 11 is 5.69. The van der Waals surface area contributed by atoms with Crippen molar-refractivity contribution in [3.63, 3.8) is 0 Å². The lowest BCUT2D eigenvalue weighted by Gasteiger charge is -2.10. The van der Waals surface area contributed by atoms with E-state index in [2.05, 4.69) is 20.6 Å². The van der Waals surface area contributed by atoms with Crippen LogP contribution in [0.4, 0.5) is 30.4 Å². The number of nitrogens with zero attached hydrogens (tertiary/aromatic N) is 2. The van der Waals surface area contributed by atoms with Crippen LogP contribution in [0.25, 0.3) is 0 Å². The van der Waals surface area contributed by atoms with Gasteiger partial charge in [0, 0.05) is 23.5 Å². The van der Waals surface area contributed by atoms with E-state index in [0.29, 0.717) is 0 Å². The molecule has 0 spiro atoms. The van der Waals surface area contributed by atoms with Gasteiger partial charge in [-0.1, -0.05) is 11.6 Å². The number of hydrogen-bond acceptors (Lipinski definition) is 4. The SMILES string of the molecule is Cc1nc(Nc2ccc(F)c(F)c2)cc(C(=O)Nc2ccc(F)c(Cl)c2)n1. The van der Waals surface area contributed by atoms with Crippen molar-refractivity contribution in [2.24, 2.45) is 0 Å². The normalized spacial score (nSPS) is 10.6. The third kappa shape index (κ3) is 4.53. The highest BCUT2D eigenvalue weighted by Gasteiger charge is 2.13. The van der Waals surface area contributed by atoms with Crippen LogP contribution in [0.2, 0.25) is 5.02 Å². The fourth-order valence-corrected chi connectivity index (χ4v) is 2.42. The van der Waals surface area contributed by atoms with Gasteiger partial charge in [-0.25, -0.2) is 23.1 Å². The van der Waals surface area contributed by atoms with Gasteiger partial charge in [0.05, 0.1) is 5.02 Å². The third-order valence-corrected chi connectivity index (χ3v) is 3.73. The van der Waals surface area contributed by atoms with Crippen LogP contribution in [0.5, 0.6) is 0 Å². The van der Waals surface area contributed by atoms with Crippen molar-refractivity contribution in [2.75, 3.05) is 10.6 Å². The Kier molecular flexibility index (Phi) is 5.27. The van der Waals surface area contributed by atoms with E-state index < -0.39 is 23.4 Å². The number of halogens is 4. The van der Waals surface area contributed by atoms with Gasteiger partial charge >= 0.3 is 0 Å². The van der Waals surface area contributed by atoms with Gasteiger partial charge in [-0.15, -0.1) is 0 Å². The fourth-order valence-electron chi connectivity index (χ4n) is 2.24. The minimum Gasteiger partial charge on any atom is -0.340 e. The van der Waals surface area contributed by atoms with Gasteiger partial charge in [-0.3, -0.25) is 4.79 Å². The summed E-state index contributed by atoms with van der Waals surface area (Å²) in [6.45, 7) is 1.57. The van der Waals surface area contributed by atoms with Gasteiger partial charge in [0.2, 0.25) is 0 Å². The van der Waals surface area contributed by atoms with E-state index in [-0.39, 0.29) is 33.7 Å². The molecule has 0 aliphatic carbocycles. The highest BCUT2D eigenvalue weighted by Crippen LogP contribution is 2.21. The Balaban J connectivity index is 1.82. The van der Waals surface area contributed by atoms with Crippen molar-refractivity contribution >= 4 is 34.7 Å². The van der Waals surface area contributed by atoms with Gasteiger partial charge in [0.15, 0.2) is 11.6 Å². The Bertz CT molecular complexity index is 1030. The Morgan fingerprint density at radius 1 is 0.926 bits per heavy atom. The standard InChI is InChI=1S/C18H12ClF3N4O/c1-9-23-16(18(27)26-10-2-4-13(20)12(19)6-10)8-17(24-9)25-11-3-5-14(21)15(22)7-11/h2-8H,1H3,(H,26,27)(H,23,24,25). The number of aryl methyl sites for hydroxylation is 1. The molecule has 0 saturated carbocycles. The number of nitrogens with one attached hydrogen (secondary N) is 2. The van der Waals surface area contributed by atoms with Crippen LogP contribution in [-0.2, 0) is 0 Å². The van der Waals surface area contributed by atoms with Gasteiger partial charge in [0.1, 0.15) is 23.2 Å². The first-order valence-corrected chi connectivity index (χ1v) is 8.04. The lowest BCUT2D eigenvalue weighted by Crippen LogP contribution is -2.15. The van der Waals surface area contributed by atoms with Crippen molar-refractivity contribution < 1.29 is 18.0 Å². The Morgan fingerprint density at radius 2 is 1.63 bits per heavy atom. The molecule has 3 aromatic rings. The summed E-state index contributed by atoms with van der Waals surface area (Å²) in [6.07, 6.45) is 0. The number of aromatic nitrogens is 2. The monoisotopic (exact) mass is 392 g/mol. The first kappa shape index (κ1) is 18.7. The average molecular weight is 393 g/mol. The Hall–Kier alpha value is -3.13. The zero-order valence-corrected chi connectivity index (χ0v) is 14.6. The van der Waals surface area contributed by atoms with E-state index in [4.69, 9.17) is 11.6 Å². The number of carbonyl (C=O) groups is 1. The van der Waals surface area contributed by atoms with Gasteiger partial charge < -0.3 is 10.6 Å². The summed E-state index contributed by atoms with van der Waals surface area (Å²) in [5.74, 6) is -2.67. The molecule has 3 rings (SSSR count). The highest BCUT2D eigenvalue weighted by atomic mass is 35.5. The molecule has 0 atom stereocenters. The maximum absolute atomic E-state index is 13.3. The van der Waals surface area contributed by atoms with E-state index in [1.807, 2.05) is 0 Å². The summed E-state index contributed by atoms with van der Waals surface area (Å²) in [4.78, 5) is 20.5. The van der Waals surface area contributed by atoms with Crippen LogP contribution in [0.3, 0.4) is 0 Å². The van der Waals surface area contributed by atoms with E-state index in [9.17, 15) is 18.0 Å². The zero-order valence-electron chi connectivity index (χ0n) is 13.9. The maximum Gasteiger partial charge on any atom is 0.274 e. The van der Waals surface area contributed by atoms with Crippen LogP contribution >= 0.6 is 11.6 Å². The van der Waals surface area contributed by atoms with Crippen LogP contribution in [0.15, 0.2) is 42.5 Å². The lowest BCUT2D eigenvalue weighted by atomic mass is 10.2. The van der Waals surface area contributed by atoms with Crippen LogP contribution < -0.4 is 10.6 Å². The second-order valence-electron chi connectivity index (χ2n) is 5.52. The van der Waals surface area contributed by atoms with Crippen LogP contribution in [-0.4, -0.2) is 15.9 Å². The molecule has 27 heavy (non-hydrogen) atoms. The van der Waals surface area contributed by atoms with E-state index in [0.717, 1.165) is 18.2 Å². The van der Waals surface area contributed by atoms with Crippen molar-refractivity contribution in [3.05, 3.63) is 76.5 Å². The number of hydrogen-bond donors (Lipinski definition) is 2. The van der Waals surface area contributed by atoms with Crippen LogP contribution in [0.1, 0.15) is 16.3 Å². The van der Waals surface area contributed by atoms with E-state index in [1.54, 1.807) is 6.92 Å². The van der Waals surface area contributed by atoms with Crippen molar-refractivity contribution in [1.82, 2.24) is 9.97 Å². The molecule has 0 radical (unpaired) electrons. The predicted octanol–water partition coefficient (Wildman–Crippen LogP) is 4.85. The van der Waals surface area contributed by atoms with E-state index >= 15 is 0 Å². The molecule has 0 fully saturated rings. The summed E-state index contributed by atoms with van der Waals surface area (Å²) in [7, 11) is 0. The first-order valence-electron chi connectivity index (χ1n) is 7.66. The second kappa shape index (κ2) is 7.63. The Labute approximate surface area is 157 Å². The molecule has 138 valence electrons. The molecule has 1 amide bonds. The second-order valence-corrected chi connectivity index (χ2v) is 5.93. The molecule has 0 aliphatic rings. The maximum atomic E-state index is 13.3. The van der Waals surface area contributed by atoms with Crippen LogP contribution in [0, 0.1) is 24.4 Å². The molecular weight excluding hydrogens is 381 g/mol. The molecule has 0 unspecified atom stereocenters. The van der Waals surface area contributed by atoms with Crippen molar-refractivity contribution in [3.8, 4) is 0 Å². The molecule has 9 heteroatoms. The topological polar surface area (TPSA) is 66.9 Å². The number of benzene rings is 2. The fraction of sp³-hybridized carbons (Fsp3) is 0.0556. The van der Waals surface area contributed by atoms with Crippen molar-refractivity contribution in [1.29, 1.82) is 0 Å². The molecular formula is C18H12ClF3N4O. The number of anilines is 3. The molecule has 5 nitrogen and oxygen atoms in total. The minimum atomic E-state index is -1.02. The van der Waals surface area contributed by atoms with E-state index in [1.165, 1.54) is 24.3 Å². The number of carbonyl (C=O) groups excluding carboxylic acids is 1. The molecule has 1 aromatic heterocycles. The number of rotatable bonds is 4. The minimum absolute atomic E-state index is 0.0213. The zero-order chi connectivity index (χ0) is 19.6. The number of amides is 1. The highest BCUT2D eigenvalue weighted by molar-refractivity contribution is 6.31.